The molecule has 3 aliphatic rings. The normalized spacial score (nSPS) is 25.0. The molecule has 2 aliphatic heterocycles. The van der Waals surface area contributed by atoms with Crippen molar-refractivity contribution in [3.8, 4) is 0 Å². The number of allylic oxidation sites excluding steroid dienone is 2. The summed E-state index contributed by atoms with van der Waals surface area (Å²) >= 11 is 0. The molecule has 0 aromatic carbocycles. The van der Waals surface area contributed by atoms with Crippen LogP contribution in [0.4, 0.5) is 9.59 Å². The van der Waals surface area contributed by atoms with E-state index < -0.39 is 40.9 Å². The monoisotopic (exact) mass is 584 g/mol. The average Bonchev–Trinajstić information content (AvgIpc) is 3.50. The standard InChI is InChI=1S/C33H48N2O7/c1-9-11-13-14-17-34-18-16-25-24-19-23(15-12-10-2)40-26(24)27-33(25,28(34)36)20-22(21-39-30(38)42-32(6,7)8)35(27)29(37)41-31(3,4)5/h9-10,19,22,25,27H,1-2,11-18,20-21H2,3-8H3/t22-,25?,27+,33?/m1/s1. The summed E-state index contributed by atoms with van der Waals surface area (Å²) in [5.74, 6) is 1.36. The van der Waals surface area contributed by atoms with Crippen LogP contribution in [0.1, 0.15) is 109 Å². The van der Waals surface area contributed by atoms with Gasteiger partial charge < -0.3 is 23.5 Å². The van der Waals surface area contributed by atoms with Crippen LogP contribution in [-0.2, 0) is 25.4 Å². The minimum atomic E-state index is -0.930. The van der Waals surface area contributed by atoms with Crippen LogP contribution in [0.5, 0.6) is 0 Å². The molecule has 0 saturated carbocycles. The molecule has 9 nitrogen and oxygen atoms in total. The van der Waals surface area contributed by atoms with Crippen molar-refractivity contribution >= 4 is 18.2 Å². The maximum atomic E-state index is 14.6. The van der Waals surface area contributed by atoms with E-state index in [0.717, 1.165) is 43.4 Å². The molecule has 42 heavy (non-hydrogen) atoms. The number of likely N-dealkylation sites (tertiary alicyclic amines) is 2. The van der Waals surface area contributed by atoms with Crippen LogP contribution in [-0.4, -0.2) is 64.9 Å². The molecule has 9 heteroatoms. The van der Waals surface area contributed by atoms with Gasteiger partial charge >= 0.3 is 12.2 Å². The summed E-state index contributed by atoms with van der Waals surface area (Å²) in [6.07, 6.45) is 7.63. The van der Waals surface area contributed by atoms with Crippen LogP contribution >= 0.6 is 0 Å². The summed E-state index contributed by atoms with van der Waals surface area (Å²) in [4.78, 5) is 44.6. The van der Waals surface area contributed by atoms with Crippen molar-refractivity contribution in [2.75, 3.05) is 19.7 Å². The number of unbranched alkanes of at least 4 members (excludes halogenated alkanes) is 2. The summed E-state index contributed by atoms with van der Waals surface area (Å²) in [7, 11) is 0. The molecule has 0 N–H and O–H groups in total. The zero-order valence-corrected chi connectivity index (χ0v) is 26.2. The van der Waals surface area contributed by atoms with Crippen molar-refractivity contribution in [3.05, 3.63) is 48.5 Å². The first-order chi connectivity index (χ1) is 19.7. The highest BCUT2D eigenvalue weighted by molar-refractivity contribution is 5.89. The summed E-state index contributed by atoms with van der Waals surface area (Å²) in [5.41, 5.74) is -1.43. The van der Waals surface area contributed by atoms with Crippen LogP contribution in [0.25, 0.3) is 0 Å². The van der Waals surface area contributed by atoms with Crippen molar-refractivity contribution in [1.29, 1.82) is 0 Å². The molecule has 0 radical (unpaired) electrons. The molecule has 1 spiro atoms. The lowest BCUT2D eigenvalue weighted by Crippen LogP contribution is -2.53. The number of hydrogen-bond acceptors (Lipinski definition) is 7. The van der Waals surface area contributed by atoms with Gasteiger partial charge in [-0.1, -0.05) is 12.2 Å². The third-order valence-corrected chi connectivity index (χ3v) is 8.26. The SMILES string of the molecule is C=CCCCCN1CCC2c3cc(CCC=C)oc3[C@@H]3N(C(=O)OC(C)(C)C)[C@@H](COC(=O)OC(C)(C)C)CC23C1=O. The number of nitrogens with zero attached hydrogens (tertiary/aromatic N) is 2. The highest BCUT2D eigenvalue weighted by Crippen LogP contribution is 2.67. The van der Waals surface area contributed by atoms with Gasteiger partial charge in [-0.2, -0.15) is 0 Å². The molecule has 2 unspecified atom stereocenters. The maximum Gasteiger partial charge on any atom is 0.508 e. The molecule has 232 valence electrons. The lowest BCUT2D eigenvalue weighted by atomic mass is 9.67. The number of ether oxygens (including phenoxy) is 3. The predicted molar refractivity (Wildman–Crippen MR) is 159 cm³/mol. The van der Waals surface area contributed by atoms with Gasteiger partial charge in [-0.15, -0.1) is 13.2 Å². The molecule has 0 bridgehead atoms. The number of piperidine rings is 1. The number of carbonyl (C=O) groups excluding carboxylic acids is 3. The van der Waals surface area contributed by atoms with E-state index in [1.54, 1.807) is 25.7 Å². The first-order valence-corrected chi connectivity index (χ1v) is 15.2. The number of amides is 2. The fourth-order valence-corrected chi connectivity index (χ4v) is 6.76. The quantitative estimate of drug-likeness (QED) is 0.165. The predicted octanol–water partition coefficient (Wildman–Crippen LogP) is 7.07. The minimum Gasteiger partial charge on any atom is -0.464 e. The Labute approximate surface area is 250 Å². The molecule has 3 heterocycles. The fourth-order valence-electron chi connectivity index (χ4n) is 6.76. The summed E-state index contributed by atoms with van der Waals surface area (Å²) in [6, 6.07) is 0.802. The van der Waals surface area contributed by atoms with Gasteiger partial charge in [0, 0.05) is 31.0 Å². The number of rotatable bonds is 10. The molecular formula is C33H48N2O7. The molecular weight excluding hydrogens is 536 g/mol. The Bertz CT molecular complexity index is 1190. The van der Waals surface area contributed by atoms with E-state index in [4.69, 9.17) is 18.6 Å². The van der Waals surface area contributed by atoms with Crippen molar-refractivity contribution in [2.45, 2.75) is 116 Å². The van der Waals surface area contributed by atoms with Crippen LogP contribution in [0.3, 0.4) is 0 Å². The largest absolute Gasteiger partial charge is 0.508 e. The number of hydrogen-bond donors (Lipinski definition) is 0. The Morgan fingerprint density at radius 2 is 1.76 bits per heavy atom. The van der Waals surface area contributed by atoms with E-state index in [-0.39, 0.29) is 18.4 Å². The van der Waals surface area contributed by atoms with E-state index >= 15 is 0 Å². The van der Waals surface area contributed by atoms with Gasteiger partial charge in [0.2, 0.25) is 5.91 Å². The number of carbonyl (C=O) groups is 3. The van der Waals surface area contributed by atoms with E-state index in [0.29, 0.717) is 31.7 Å². The van der Waals surface area contributed by atoms with Gasteiger partial charge in [-0.3, -0.25) is 9.69 Å². The zero-order valence-electron chi connectivity index (χ0n) is 26.2. The lowest BCUT2D eigenvalue weighted by Gasteiger charge is -2.44. The Morgan fingerprint density at radius 3 is 2.40 bits per heavy atom. The van der Waals surface area contributed by atoms with Gasteiger partial charge in [-0.25, -0.2) is 9.59 Å². The second-order valence-corrected chi connectivity index (χ2v) is 13.7. The van der Waals surface area contributed by atoms with Gasteiger partial charge in [-0.05, 0) is 86.1 Å². The smallest absolute Gasteiger partial charge is 0.464 e. The first kappa shape index (κ1) is 31.7. The van der Waals surface area contributed by atoms with Gasteiger partial charge in [0.05, 0.1) is 11.5 Å². The Balaban J connectivity index is 1.74. The Hall–Kier alpha value is -3.23. The van der Waals surface area contributed by atoms with Crippen molar-refractivity contribution < 1.29 is 33.0 Å². The highest BCUT2D eigenvalue weighted by Gasteiger charge is 2.70. The van der Waals surface area contributed by atoms with Gasteiger partial charge in [0.25, 0.3) is 0 Å². The van der Waals surface area contributed by atoms with Gasteiger partial charge in [0.1, 0.15) is 35.4 Å². The molecule has 2 amide bonds. The van der Waals surface area contributed by atoms with Crippen LogP contribution in [0.15, 0.2) is 35.8 Å². The molecule has 2 fully saturated rings. The van der Waals surface area contributed by atoms with E-state index in [2.05, 4.69) is 19.2 Å². The zero-order chi connectivity index (χ0) is 30.9. The molecule has 4 rings (SSSR count). The Kier molecular flexibility index (Phi) is 9.19. The summed E-state index contributed by atoms with van der Waals surface area (Å²) < 4.78 is 23.3. The van der Waals surface area contributed by atoms with Crippen molar-refractivity contribution in [3.63, 3.8) is 0 Å². The first-order valence-electron chi connectivity index (χ1n) is 15.2. The second kappa shape index (κ2) is 12.2. The third kappa shape index (κ3) is 6.40. The molecule has 1 aromatic rings. The van der Waals surface area contributed by atoms with Crippen LogP contribution in [0, 0.1) is 5.41 Å². The number of fused-ring (bicyclic) bond motifs is 3. The lowest BCUT2D eigenvalue weighted by molar-refractivity contribution is -0.149. The van der Waals surface area contributed by atoms with E-state index in [1.807, 2.05) is 37.8 Å². The minimum absolute atomic E-state index is 0.0229. The number of aryl methyl sites for hydroxylation is 1. The van der Waals surface area contributed by atoms with Crippen molar-refractivity contribution in [1.82, 2.24) is 9.80 Å². The molecule has 4 atom stereocenters. The average molecular weight is 585 g/mol. The highest BCUT2D eigenvalue weighted by atomic mass is 16.7. The topological polar surface area (TPSA) is 98.5 Å². The maximum absolute atomic E-state index is 14.6. The third-order valence-electron chi connectivity index (χ3n) is 8.26. The molecule has 1 aromatic heterocycles. The molecule has 2 saturated heterocycles. The second-order valence-electron chi connectivity index (χ2n) is 13.7. The van der Waals surface area contributed by atoms with E-state index in [1.165, 1.54) is 0 Å². The Morgan fingerprint density at radius 1 is 1.07 bits per heavy atom. The van der Waals surface area contributed by atoms with Gasteiger partial charge in [0.15, 0.2) is 0 Å². The van der Waals surface area contributed by atoms with Crippen LogP contribution in [0.2, 0.25) is 0 Å². The summed E-state index contributed by atoms with van der Waals surface area (Å²) in [5, 5.41) is 0. The van der Waals surface area contributed by atoms with Crippen molar-refractivity contribution in [2.24, 2.45) is 5.41 Å². The fraction of sp³-hybridized carbons (Fsp3) is 0.667. The van der Waals surface area contributed by atoms with E-state index in [9.17, 15) is 14.4 Å². The summed E-state index contributed by atoms with van der Waals surface area (Å²) in [6.45, 7) is 19.5. The molecule has 1 aliphatic carbocycles. The van der Waals surface area contributed by atoms with Crippen LogP contribution < -0.4 is 0 Å². The number of furan rings is 1.